The molecule has 4 nitrogen and oxygen atoms in total. The van der Waals surface area contributed by atoms with Crippen LogP contribution in [-0.4, -0.2) is 14.7 Å². The van der Waals surface area contributed by atoms with Crippen molar-refractivity contribution in [2.75, 3.05) is 11.0 Å². The molecule has 0 heterocycles. The maximum Gasteiger partial charge on any atom is 0.229 e. The Hall–Kier alpha value is -0.410. The number of hydrogen-bond donors (Lipinski definition) is 2. The summed E-state index contributed by atoms with van der Waals surface area (Å²) in [4.78, 5) is 0. The molecule has 0 spiro atoms. The maximum absolute atomic E-state index is 13.8. The second-order valence-electron chi connectivity index (χ2n) is 3.89. The van der Waals surface area contributed by atoms with Crippen LogP contribution in [0, 0.1) is 12.7 Å². The molecule has 0 amide bonds. The number of anilines is 1. The fraction of sp³-hybridized carbons (Fsp3) is 0.400. The van der Waals surface area contributed by atoms with E-state index in [0.717, 1.165) is 6.26 Å². The fourth-order valence-corrected chi connectivity index (χ4v) is 2.36. The minimum atomic E-state index is -3.39. The Morgan fingerprint density at radius 3 is 2.47 bits per heavy atom. The van der Waals surface area contributed by atoms with E-state index in [-0.39, 0.29) is 11.7 Å². The van der Waals surface area contributed by atoms with Crippen LogP contribution in [0.3, 0.4) is 0 Å². The zero-order valence-corrected chi connectivity index (χ0v) is 12.7. The lowest BCUT2D eigenvalue weighted by atomic mass is 10.0. The van der Waals surface area contributed by atoms with Gasteiger partial charge in [-0.05, 0) is 31.5 Å². The van der Waals surface area contributed by atoms with Gasteiger partial charge in [0.2, 0.25) is 10.0 Å². The van der Waals surface area contributed by atoms with Crippen molar-refractivity contribution < 1.29 is 12.8 Å². The number of rotatable bonds is 4. The van der Waals surface area contributed by atoms with Crippen LogP contribution in [0.25, 0.3) is 0 Å². The zero-order valence-electron chi connectivity index (χ0n) is 9.71. The first-order valence-electron chi connectivity index (χ1n) is 4.88. The molecule has 0 unspecified atom stereocenters. The molecule has 0 saturated heterocycles. The molecular weight excluding hydrogens is 358 g/mol. The predicted molar refractivity (Wildman–Crippen MR) is 75.2 cm³/mol. The quantitative estimate of drug-likeness (QED) is 0.631. The van der Waals surface area contributed by atoms with Gasteiger partial charge in [0.1, 0.15) is 5.82 Å². The summed E-state index contributed by atoms with van der Waals surface area (Å²) >= 11 is 1.95. The van der Waals surface area contributed by atoms with Crippen LogP contribution in [0.4, 0.5) is 10.1 Å². The Kier molecular flexibility index (Phi) is 4.73. The number of benzene rings is 1. The number of nitrogens with one attached hydrogen (secondary N) is 2. The number of aryl methyl sites for hydroxylation is 1. The molecule has 0 fully saturated rings. The molecular formula is C10H14FIN2O2S. The summed E-state index contributed by atoms with van der Waals surface area (Å²) in [7, 11) is -3.39. The SMILES string of the molecule is Cc1cc([C@@H](C)NI)c(F)cc1NS(C)(=O)=O. The molecule has 7 heteroatoms. The number of halogens is 2. The summed E-state index contributed by atoms with van der Waals surface area (Å²) in [6.45, 7) is 3.56. The molecule has 0 bridgehead atoms. The van der Waals surface area contributed by atoms with E-state index in [2.05, 4.69) is 8.25 Å². The first-order chi connectivity index (χ1) is 7.74. The van der Waals surface area contributed by atoms with Crippen LogP contribution < -0.4 is 8.25 Å². The van der Waals surface area contributed by atoms with Crippen molar-refractivity contribution in [3.05, 3.63) is 29.1 Å². The Bertz CT molecular complexity index is 519. The lowest BCUT2D eigenvalue weighted by Gasteiger charge is -2.14. The van der Waals surface area contributed by atoms with E-state index < -0.39 is 15.8 Å². The van der Waals surface area contributed by atoms with Crippen molar-refractivity contribution in [1.82, 2.24) is 3.53 Å². The predicted octanol–water partition coefficient (Wildman–Crippen LogP) is 2.51. The second kappa shape index (κ2) is 5.49. The molecule has 1 atom stereocenters. The summed E-state index contributed by atoms with van der Waals surface area (Å²) < 4.78 is 41.1. The normalized spacial score (nSPS) is 13.5. The molecule has 1 rings (SSSR count). The lowest BCUT2D eigenvalue weighted by molar-refractivity contribution is 0.588. The first kappa shape index (κ1) is 14.7. The van der Waals surface area contributed by atoms with E-state index >= 15 is 0 Å². The highest BCUT2D eigenvalue weighted by Gasteiger charge is 2.14. The van der Waals surface area contributed by atoms with Gasteiger partial charge in [0, 0.05) is 34.5 Å². The van der Waals surface area contributed by atoms with E-state index in [9.17, 15) is 12.8 Å². The van der Waals surface area contributed by atoms with Gasteiger partial charge in [0.05, 0.1) is 11.9 Å². The Morgan fingerprint density at radius 1 is 1.41 bits per heavy atom. The van der Waals surface area contributed by atoms with Crippen LogP contribution in [0.2, 0.25) is 0 Å². The van der Waals surface area contributed by atoms with Crippen molar-refractivity contribution in [2.24, 2.45) is 0 Å². The third-order valence-corrected chi connectivity index (χ3v) is 3.79. The standard InChI is InChI=1S/C10H14FIN2O2S/c1-6-4-8(7(2)13-12)9(11)5-10(6)14-17(3,15)16/h4-5,7,13-14H,1-3H3/t7-/m1/s1. The van der Waals surface area contributed by atoms with E-state index in [0.29, 0.717) is 11.1 Å². The third kappa shape index (κ3) is 4.07. The van der Waals surface area contributed by atoms with Crippen molar-refractivity contribution in [3.63, 3.8) is 0 Å². The molecule has 1 aromatic carbocycles. The number of hydrogen-bond acceptors (Lipinski definition) is 3. The van der Waals surface area contributed by atoms with E-state index in [1.807, 2.05) is 29.8 Å². The highest BCUT2D eigenvalue weighted by molar-refractivity contribution is 14.1. The minimum absolute atomic E-state index is 0.137. The van der Waals surface area contributed by atoms with Crippen LogP contribution in [0.15, 0.2) is 12.1 Å². The van der Waals surface area contributed by atoms with E-state index in [1.54, 1.807) is 13.0 Å². The Morgan fingerprint density at radius 2 is 2.00 bits per heavy atom. The fourth-order valence-electron chi connectivity index (χ4n) is 1.40. The molecule has 2 N–H and O–H groups in total. The average molecular weight is 372 g/mol. The second-order valence-corrected chi connectivity index (χ2v) is 6.26. The topological polar surface area (TPSA) is 58.2 Å². The molecule has 17 heavy (non-hydrogen) atoms. The highest BCUT2D eigenvalue weighted by atomic mass is 127. The average Bonchev–Trinajstić information content (AvgIpc) is 2.20. The van der Waals surface area contributed by atoms with Gasteiger partial charge < -0.3 is 0 Å². The largest absolute Gasteiger partial charge is 0.283 e. The molecule has 0 aromatic heterocycles. The van der Waals surface area contributed by atoms with Gasteiger partial charge in [-0.2, -0.15) is 0 Å². The summed E-state index contributed by atoms with van der Waals surface area (Å²) in [5.74, 6) is -0.432. The van der Waals surface area contributed by atoms with Gasteiger partial charge in [-0.1, -0.05) is 0 Å². The van der Waals surface area contributed by atoms with Crippen molar-refractivity contribution in [3.8, 4) is 0 Å². The van der Waals surface area contributed by atoms with Gasteiger partial charge >= 0.3 is 0 Å². The molecule has 0 aliphatic rings. The summed E-state index contributed by atoms with van der Waals surface area (Å²) in [6.07, 6.45) is 1.03. The van der Waals surface area contributed by atoms with Crippen molar-refractivity contribution >= 4 is 38.6 Å². The maximum atomic E-state index is 13.8. The summed E-state index contributed by atoms with van der Waals surface area (Å²) in [6, 6.07) is 2.71. The molecule has 0 aliphatic heterocycles. The third-order valence-electron chi connectivity index (χ3n) is 2.27. The van der Waals surface area contributed by atoms with Gasteiger partial charge in [-0.25, -0.2) is 12.8 Å². The summed E-state index contributed by atoms with van der Waals surface area (Å²) in [5.41, 5.74) is 1.47. The molecule has 0 aliphatic carbocycles. The van der Waals surface area contributed by atoms with E-state index in [1.165, 1.54) is 6.07 Å². The first-order valence-corrected chi connectivity index (χ1v) is 7.85. The van der Waals surface area contributed by atoms with Crippen LogP contribution in [0.1, 0.15) is 24.1 Å². The number of sulfonamides is 1. The minimum Gasteiger partial charge on any atom is -0.283 e. The van der Waals surface area contributed by atoms with Gasteiger partial charge in [0.15, 0.2) is 0 Å². The highest BCUT2D eigenvalue weighted by Crippen LogP contribution is 2.25. The van der Waals surface area contributed by atoms with E-state index in [4.69, 9.17) is 0 Å². The Balaban J connectivity index is 3.18. The lowest BCUT2D eigenvalue weighted by Crippen LogP contribution is -2.13. The molecule has 1 aromatic rings. The monoisotopic (exact) mass is 372 g/mol. The Labute approximate surface area is 115 Å². The van der Waals surface area contributed by atoms with Crippen molar-refractivity contribution in [2.45, 2.75) is 19.9 Å². The smallest absolute Gasteiger partial charge is 0.229 e. The molecule has 96 valence electrons. The molecule has 0 radical (unpaired) electrons. The zero-order chi connectivity index (χ0) is 13.2. The van der Waals surface area contributed by atoms with Gasteiger partial charge in [-0.3, -0.25) is 8.25 Å². The van der Waals surface area contributed by atoms with Crippen LogP contribution >= 0.6 is 22.9 Å². The van der Waals surface area contributed by atoms with Gasteiger partial charge in [-0.15, -0.1) is 0 Å². The molecule has 0 saturated carbocycles. The summed E-state index contributed by atoms with van der Waals surface area (Å²) in [5, 5.41) is 0. The van der Waals surface area contributed by atoms with Crippen molar-refractivity contribution in [1.29, 1.82) is 0 Å². The van der Waals surface area contributed by atoms with Gasteiger partial charge in [0.25, 0.3) is 0 Å². The van der Waals surface area contributed by atoms with Crippen LogP contribution in [-0.2, 0) is 10.0 Å². The van der Waals surface area contributed by atoms with Crippen LogP contribution in [0.5, 0.6) is 0 Å².